The number of hydrogen-bond acceptors (Lipinski definition) is 7. The van der Waals surface area contributed by atoms with E-state index >= 15 is 0 Å². The first-order valence-corrected chi connectivity index (χ1v) is 12.8. The number of amides is 2. The number of nitrogens with zero attached hydrogens (tertiary/aromatic N) is 3. The molecular formula is C28H36N4O5. The molecule has 0 unspecified atom stereocenters. The molecule has 9 nitrogen and oxygen atoms in total. The second kappa shape index (κ2) is 12.7. The molecule has 1 saturated heterocycles. The van der Waals surface area contributed by atoms with Crippen molar-refractivity contribution >= 4 is 23.2 Å². The number of anilines is 1. The van der Waals surface area contributed by atoms with Crippen LogP contribution in [0.4, 0.5) is 5.69 Å². The van der Waals surface area contributed by atoms with Crippen LogP contribution in [0, 0.1) is 0 Å². The number of carbonyl (C=O) groups excluding carboxylic acids is 2. The number of nitrogens with one attached hydrogen (secondary N) is 1. The molecule has 2 aliphatic rings. The highest BCUT2D eigenvalue weighted by molar-refractivity contribution is 6.04. The lowest BCUT2D eigenvalue weighted by Gasteiger charge is -2.26. The third kappa shape index (κ3) is 7.53. The summed E-state index contributed by atoms with van der Waals surface area (Å²) in [7, 11) is 1.61. The van der Waals surface area contributed by atoms with Crippen molar-refractivity contribution in [1.29, 1.82) is 0 Å². The van der Waals surface area contributed by atoms with Gasteiger partial charge >= 0.3 is 0 Å². The zero-order chi connectivity index (χ0) is 26.2. The first kappa shape index (κ1) is 26.6. The lowest BCUT2D eigenvalue weighted by atomic mass is 10.0. The Morgan fingerprint density at radius 2 is 1.84 bits per heavy atom. The number of ether oxygens (including phenoxy) is 3. The number of hydrazone groups is 1. The highest BCUT2D eigenvalue weighted by atomic mass is 16.5. The molecular weight excluding hydrogens is 472 g/mol. The van der Waals surface area contributed by atoms with E-state index in [2.05, 4.69) is 15.3 Å². The number of morpholine rings is 1. The zero-order valence-electron chi connectivity index (χ0n) is 21.9. The predicted octanol–water partition coefficient (Wildman–Crippen LogP) is 3.67. The quantitative estimate of drug-likeness (QED) is 0.527. The molecule has 2 aromatic rings. The third-order valence-electron chi connectivity index (χ3n) is 6.29. The average molecular weight is 509 g/mol. The smallest absolute Gasteiger partial charge is 0.243 e. The predicted molar refractivity (Wildman–Crippen MR) is 142 cm³/mol. The lowest BCUT2D eigenvalue weighted by molar-refractivity contribution is -0.132. The zero-order valence-corrected chi connectivity index (χ0v) is 21.9. The van der Waals surface area contributed by atoms with Crippen LogP contribution < -0.4 is 14.8 Å². The van der Waals surface area contributed by atoms with Crippen LogP contribution in [0.5, 0.6) is 11.5 Å². The second-order valence-corrected chi connectivity index (χ2v) is 9.48. The van der Waals surface area contributed by atoms with Crippen LogP contribution in [0.25, 0.3) is 0 Å². The Morgan fingerprint density at radius 3 is 2.54 bits per heavy atom. The van der Waals surface area contributed by atoms with Crippen LogP contribution in [-0.4, -0.2) is 73.5 Å². The molecule has 0 bridgehead atoms. The first-order chi connectivity index (χ1) is 17.9. The normalized spacial score (nSPS) is 16.5. The summed E-state index contributed by atoms with van der Waals surface area (Å²) in [6.45, 7) is 8.20. The molecule has 37 heavy (non-hydrogen) atoms. The summed E-state index contributed by atoms with van der Waals surface area (Å²) in [4.78, 5) is 27.2. The molecule has 0 aromatic heterocycles. The van der Waals surface area contributed by atoms with Crippen molar-refractivity contribution in [2.75, 3.05) is 45.3 Å². The van der Waals surface area contributed by atoms with Crippen molar-refractivity contribution in [3.8, 4) is 11.5 Å². The topological polar surface area (TPSA) is 92.7 Å². The van der Waals surface area contributed by atoms with Gasteiger partial charge in [0.25, 0.3) is 0 Å². The maximum atomic E-state index is 12.6. The van der Waals surface area contributed by atoms with Gasteiger partial charge in [0.15, 0.2) is 11.5 Å². The van der Waals surface area contributed by atoms with Gasteiger partial charge in [0, 0.05) is 50.1 Å². The third-order valence-corrected chi connectivity index (χ3v) is 6.29. The Kier molecular flexibility index (Phi) is 9.14. The molecule has 2 aromatic carbocycles. The molecule has 2 heterocycles. The molecule has 0 spiro atoms. The van der Waals surface area contributed by atoms with Crippen LogP contribution in [0.3, 0.4) is 0 Å². The molecule has 1 N–H and O–H groups in total. The van der Waals surface area contributed by atoms with Gasteiger partial charge in [0.1, 0.15) is 0 Å². The Labute approximate surface area is 218 Å². The summed E-state index contributed by atoms with van der Waals surface area (Å²) in [5, 5.41) is 9.13. The van der Waals surface area contributed by atoms with Crippen molar-refractivity contribution in [3.63, 3.8) is 0 Å². The summed E-state index contributed by atoms with van der Waals surface area (Å²) in [6, 6.07) is 13.3. The number of benzene rings is 2. The van der Waals surface area contributed by atoms with E-state index in [-0.39, 0.29) is 17.9 Å². The summed E-state index contributed by atoms with van der Waals surface area (Å²) in [5.41, 5.74) is 3.41. The summed E-state index contributed by atoms with van der Waals surface area (Å²) >= 11 is 0. The average Bonchev–Trinajstić information content (AvgIpc) is 2.90. The van der Waals surface area contributed by atoms with Gasteiger partial charge in [-0.2, -0.15) is 5.10 Å². The van der Waals surface area contributed by atoms with Gasteiger partial charge in [-0.05, 0) is 49.7 Å². The minimum absolute atomic E-state index is 0.00745. The molecule has 0 radical (unpaired) electrons. The van der Waals surface area contributed by atoms with Gasteiger partial charge in [-0.25, -0.2) is 5.01 Å². The molecule has 9 heteroatoms. The molecule has 2 amide bonds. The van der Waals surface area contributed by atoms with E-state index in [9.17, 15) is 9.59 Å². The number of carbonyl (C=O) groups is 2. The molecule has 2 aliphatic heterocycles. The molecule has 0 atom stereocenters. The Morgan fingerprint density at radius 1 is 1.08 bits per heavy atom. The van der Waals surface area contributed by atoms with Crippen molar-refractivity contribution in [2.24, 2.45) is 5.10 Å². The first-order valence-electron chi connectivity index (χ1n) is 12.8. The molecule has 0 aliphatic carbocycles. The lowest BCUT2D eigenvalue weighted by Crippen LogP contribution is -2.38. The SMILES string of the molecule is COc1ccc(C2=NN(Cc3ccc(NC(=O)CCN4CCOCC4)cc3)C(=O)CC2)cc1OC(C)C. The minimum Gasteiger partial charge on any atom is -0.493 e. The highest BCUT2D eigenvalue weighted by Gasteiger charge is 2.22. The van der Waals surface area contributed by atoms with E-state index in [4.69, 9.17) is 14.2 Å². The molecule has 4 rings (SSSR count). The van der Waals surface area contributed by atoms with Crippen molar-refractivity contribution in [1.82, 2.24) is 9.91 Å². The molecule has 1 fully saturated rings. The van der Waals surface area contributed by atoms with Gasteiger partial charge in [0.2, 0.25) is 11.8 Å². The fourth-order valence-corrected chi connectivity index (χ4v) is 4.31. The number of methoxy groups -OCH3 is 1. The van der Waals surface area contributed by atoms with Gasteiger partial charge in [-0.15, -0.1) is 0 Å². The van der Waals surface area contributed by atoms with Gasteiger partial charge < -0.3 is 19.5 Å². The van der Waals surface area contributed by atoms with Crippen molar-refractivity contribution in [2.45, 2.75) is 45.8 Å². The Bertz CT molecular complexity index is 1110. The van der Waals surface area contributed by atoms with Crippen LogP contribution in [-0.2, 0) is 20.9 Å². The van der Waals surface area contributed by atoms with Gasteiger partial charge in [-0.1, -0.05) is 12.1 Å². The Balaban J connectivity index is 1.37. The monoisotopic (exact) mass is 508 g/mol. The standard InChI is InChI=1S/C28H36N4O5/c1-20(2)37-26-18-22(6-10-25(26)35-3)24-9-11-28(34)32(30-24)19-21-4-7-23(8-5-21)29-27(33)12-13-31-14-16-36-17-15-31/h4-8,10,18,20H,9,11-17,19H2,1-3H3,(H,29,33). The van der Waals surface area contributed by atoms with E-state index < -0.39 is 0 Å². The summed E-state index contributed by atoms with van der Waals surface area (Å²) < 4.78 is 16.7. The molecule has 198 valence electrons. The van der Waals surface area contributed by atoms with E-state index in [0.717, 1.165) is 55.4 Å². The van der Waals surface area contributed by atoms with E-state index in [1.807, 2.05) is 56.3 Å². The van der Waals surface area contributed by atoms with Crippen LogP contribution >= 0.6 is 0 Å². The fraction of sp³-hybridized carbons (Fsp3) is 0.464. The maximum absolute atomic E-state index is 12.6. The molecule has 0 saturated carbocycles. The summed E-state index contributed by atoms with van der Waals surface area (Å²) in [5.74, 6) is 1.29. The van der Waals surface area contributed by atoms with Gasteiger partial charge in [0.05, 0.1) is 38.7 Å². The van der Waals surface area contributed by atoms with Crippen molar-refractivity contribution < 1.29 is 23.8 Å². The van der Waals surface area contributed by atoms with Crippen LogP contribution in [0.15, 0.2) is 47.6 Å². The number of hydrogen-bond donors (Lipinski definition) is 1. The Hall–Kier alpha value is -3.43. The number of rotatable bonds is 10. The summed E-state index contributed by atoms with van der Waals surface area (Å²) in [6.07, 6.45) is 1.41. The highest BCUT2D eigenvalue weighted by Crippen LogP contribution is 2.30. The van der Waals surface area contributed by atoms with Crippen molar-refractivity contribution in [3.05, 3.63) is 53.6 Å². The second-order valence-electron chi connectivity index (χ2n) is 9.48. The minimum atomic E-state index is -0.0172. The largest absolute Gasteiger partial charge is 0.493 e. The van der Waals surface area contributed by atoms with E-state index in [0.29, 0.717) is 37.3 Å². The van der Waals surface area contributed by atoms with Gasteiger partial charge in [-0.3, -0.25) is 14.5 Å². The van der Waals surface area contributed by atoms with E-state index in [1.54, 1.807) is 7.11 Å². The van der Waals surface area contributed by atoms with E-state index in [1.165, 1.54) is 5.01 Å². The maximum Gasteiger partial charge on any atom is 0.243 e. The fourth-order valence-electron chi connectivity index (χ4n) is 4.31. The van der Waals surface area contributed by atoms with Crippen LogP contribution in [0.1, 0.15) is 44.2 Å². The van der Waals surface area contributed by atoms with Crippen LogP contribution in [0.2, 0.25) is 0 Å².